The number of benzene rings is 2. The molecule has 0 aliphatic rings. The van der Waals surface area contributed by atoms with Gasteiger partial charge in [-0.25, -0.2) is 15.0 Å². The van der Waals surface area contributed by atoms with Gasteiger partial charge < -0.3 is 4.74 Å². The van der Waals surface area contributed by atoms with Gasteiger partial charge >= 0.3 is 5.97 Å². The minimum absolute atomic E-state index is 0.185. The lowest BCUT2D eigenvalue weighted by molar-refractivity contribution is -0.134. The van der Waals surface area contributed by atoms with E-state index in [0.717, 1.165) is 18.4 Å². The van der Waals surface area contributed by atoms with Crippen LogP contribution in [-0.2, 0) is 4.79 Å². The Morgan fingerprint density at radius 1 is 0.735 bits per heavy atom. The van der Waals surface area contributed by atoms with E-state index in [2.05, 4.69) is 32.1 Å². The number of rotatable bonds is 14. The molecule has 0 aliphatic heterocycles. The summed E-state index contributed by atoms with van der Waals surface area (Å²) in [6.07, 6.45) is 14.4. The van der Waals surface area contributed by atoms with Gasteiger partial charge in [0.15, 0.2) is 5.82 Å². The van der Waals surface area contributed by atoms with Crippen molar-refractivity contribution in [1.29, 1.82) is 0 Å². The molecule has 0 atom stereocenters. The molecule has 0 radical (unpaired) electrons. The van der Waals surface area contributed by atoms with Crippen molar-refractivity contribution in [2.45, 2.75) is 71.1 Å². The molecular formula is C27H33N5O2. The lowest BCUT2D eigenvalue weighted by Gasteiger charge is -2.05. The molecule has 34 heavy (non-hydrogen) atoms. The molecule has 0 saturated carbocycles. The summed E-state index contributed by atoms with van der Waals surface area (Å²) in [6, 6.07) is 14.5. The zero-order valence-corrected chi connectivity index (χ0v) is 19.9. The molecule has 2 aromatic carbocycles. The average molecular weight is 460 g/mol. The van der Waals surface area contributed by atoms with Gasteiger partial charge in [0.1, 0.15) is 18.4 Å². The van der Waals surface area contributed by atoms with E-state index >= 15 is 0 Å². The Morgan fingerprint density at radius 3 is 1.85 bits per heavy atom. The van der Waals surface area contributed by atoms with Gasteiger partial charge in [0.2, 0.25) is 0 Å². The van der Waals surface area contributed by atoms with Gasteiger partial charge in [-0.15, -0.1) is 0 Å². The normalized spacial score (nSPS) is 11.1. The third-order valence-electron chi connectivity index (χ3n) is 5.45. The number of esters is 1. The topological polar surface area (TPSA) is 89.7 Å². The minimum atomic E-state index is -0.185. The van der Waals surface area contributed by atoms with Crippen LogP contribution in [0.3, 0.4) is 0 Å². The summed E-state index contributed by atoms with van der Waals surface area (Å²) >= 11 is 0. The van der Waals surface area contributed by atoms with Crippen LogP contribution in [0.2, 0.25) is 0 Å². The van der Waals surface area contributed by atoms with Crippen LogP contribution in [0.4, 0.5) is 11.4 Å². The van der Waals surface area contributed by atoms with Gasteiger partial charge in [-0.05, 0) is 55.0 Å². The summed E-state index contributed by atoms with van der Waals surface area (Å²) in [5.74, 6) is 0.957. The van der Waals surface area contributed by atoms with Crippen molar-refractivity contribution in [3.8, 4) is 17.1 Å². The van der Waals surface area contributed by atoms with Crippen molar-refractivity contribution in [2.75, 3.05) is 0 Å². The molecule has 0 N–H and O–H groups in total. The number of hydrogen-bond acceptors (Lipinski definition) is 7. The third kappa shape index (κ3) is 9.17. The summed E-state index contributed by atoms with van der Waals surface area (Å²) in [6.45, 7) is 2.24. The molecule has 3 rings (SSSR count). The van der Waals surface area contributed by atoms with Crippen LogP contribution in [0.15, 0.2) is 71.4 Å². The predicted octanol–water partition coefficient (Wildman–Crippen LogP) is 7.78. The number of azo groups is 1. The SMILES string of the molecule is CCCCCCCCCCCC(=O)Oc1ccc(N=Nc2ccc(-c3ncncn3)cc2)cc1. The number of ether oxygens (including phenoxy) is 1. The molecule has 0 fully saturated rings. The summed E-state index contributed by atoms with van der Waals surface area (Å²) in [4.78, 5) is 24.1. The van der Waals surface area contributed by atoms with E-state index in [-0.39, 0.29) is 5.97 Å². The Bertz CT molecular complexity index is 1010. The van der Waals surface area contributed by atoms with Crippen LogP contribution < -0.4 is 4.74 Å². The highest BCUT2D eigenvalue weighted by atomic mass is 16.5. The van der Waals surface area contributed by atoms with E-state index in [0.29, 0.717) is 29.4 Å². The monoisotopic (exact) mass is 459 g/mol. The lowest BCUT2D eigenvalue weighted by atomic mass is 10.1. The van der Waals surface area contributed by atoms with Gasteiger partial charge in [0.25, 0.3) is 0 Å². The maximum absolute atomic E-state index is 12.1. The molecule has 0 amide bonds. The first-order valence-corrected chi connectivity index (χ1v) is 12.2. The predicted molar refractivity (Wildman–Crippen MR) is 133 cm³/mol. The average Bonchev–Trinajstić information content (AvgIpc) is 2.88. The van der Waals surface area contributed by atoms with Crippen LogP contribution >= 0.6 is 0 Å². The maximum atomic E-state index is 12.1. The van der Waals surface area contributed by atoms with Crippen molar-refractivity contribution >= 4 is 17.3 Å². The number of nitrogens with zero attached hydrogens (tertiary/aromatic N) is 5. The fourth-order valence-corrected chi connectivity index (χ4v) is 3.52. The molecule has 1 heterocycles. The molecule has 0 unspecified atom stereocenters. The van der Waals surface area contributed by atoms with E-state index in [4.69, 9.17) is 4.74 Å². The second kappa shape index (κ2) is 14.6. The van der Waals surface area contributed by atoms with Crippen molar-refractivity contribution < 1.29 is 9.53 Å². The summed E-state index contributed by atoms with van der Waals surface area (Å²) in [7, 11) is 0. The number of carbonyl (C=O) groups is 1. The smallest absolute Gasteiger partial charge is 0.311 e. The summed E-state index contributed by atoms with van der Waals surface area (Å²) in [5, 5.41) is 8.50. The highest BCUT2D eigenvalue weighted by Gasteiger charge is 2.05. The quantitative estimate of drug-likeness (QED) is 0.106. The molecule has 7 nitrogen and oxygen atoms in total. The number of unbranched alkanes of at least 4 members (excludes halogenated alkanes) is 8. The van der Waals surface area contributed by atoms with Crippen LogP contribution in [-0.4, -0.2) is 20.9 Å². The van der Waals surface area contributed by atoms with Gasteiger partial charge in [-0.1, -0.05) is 58.3 Å². The van der Waals surface area contributed by atoms with Crippen LogP contribution in [0.5, 0.6) is 5.75 Å². The largest absolute Gasteiger partial charge is 0.427 e. The minimum Gasteiger partial charge on any atom is -0.427 e. The second-order valence-electron chi connectivity index (χ2n) is 8.26. The Balaban J connectivity index is 1.36. The zero-order chi connectivity index (χ0) is 23.8. The standard InChI is InChI=1S/C27H33N5O2/c1-2-3-4-5-6-7-8-9-10-11-26(33)34-25-18-16-24(17-19-25)32-31-23-14-12-22(13-15-23)27-29-20-28-21-30-27/h12-21H,2-11H2,1H3. The Kier molecular flexibility index (Phi) is 10.8. The number of carbonyl (C=O) groups excluding carboxylic acids is 1. The van der Waals surface area contributed by atoms with E-state index in [1.807, 2.05) is 24.3 Å². The first kappa shape index (κ1) is 25.1. The second-order valence-corrected chi connectivity index (χ2v) is 8.26. The molecule has 7 heteroatoms. The molecule has 3 aromatic rings. The molecule has 0 saturated heterocycles. The van der Waals surface area contributed by atoms with Crippen molar-refractivity contribution in [3.63, 3.8) is 0 Å². The number of hydrogen-bond donors (Lipinski definition) is 0. The van der Waals surface area contributed by atoms with E-state index in [1.165, 1.54) is 57.6 Å². The molecule has 1 aromatic heterocycles. The first-order chi connectivity index (χ1) is 16.7. The van der Waals surface area contributed by atoms with Gasteiger partial charge in [-0.2, -0.15) is 10.2 Å². The van der Waals surface area contributed by atoms with Crippen molar-refractivity contribution in [2.24, 2.45) is 10.2 Å². The molecular weight excluding hydrogens is 426 g/mol. The van der Waals surface area contributed by atoms with Crippen molar-refractivity contribution in [1.82, 2.24) is 15.0 Å². The molecule has 0 bridgehead atoms. The summed E-state index contributed by atoms with van der Waals surface area (Å²) in [5.41, 5.74) is 2.28. The third-order valence-corrected chi connectivity index (χ3v) is 5.45. The maximum Gasteiger partial charge on any atom is 0.311 e. The Morgan fingerprint density at radius 2 is 1.26 bits per heavy atom. The van der Waals surface area contributed by atoms with Gasteiger partial charge in [0, 0.05) is 12.0 Å². The Labute approximate surface area is 201 Å². The van der Waals surface area contributed by atoms with Crippen molar-refractivity contribution in [3.05, 3.63) is 61.2 Å². The number of aromatic nitrogens is 3. The van der Waals surface area contributed by atoms with Crippen LogP contribution in [0.1, 0.15) is 71.1 Å². The fraction of sp³-hybridized carbons (Fsp3) is 0.407. The first-order valence-electron chi connectivity index (χ1n) is 12.2. The van der Waals surface area contributed by atoms with Gasteiger partial charge in [-0.3, -0.25) is 4.79 Å². The fourth-order valence-electron chi connectivity index (χ4n) is 3.52. The Hall–Kier alpha value is -3.48. The molecule has 0 aliphatic carbocycles. The highest BCUT2D eigenvalue weighted by Crippen LogP contribution is 2.23. The van der Waals surface area contributed by atoms with E-state index in [9.17, 15) is 4.79 Å². The van der Waals surface area contributed by atoms with Crippen LogP contribution in [0.25, 0.3) is 11.4 Å². The van der Waals surface area contributed by atoms with Gasteiger partial charge in [0.05, 0.1) is 11.4 Å². The van der Waals surface area contributed by atoms with E-state index < -0.39 is 0 Å². The highest BCUT2D eigenvalue weighted by molar-refractivity contribution is 5.72. The lowest BCUT2D eigenvalue weighted by Crippen LogP contribution is -2.07. The van der Waals surface area contributed by atoms with E-state index in [1.54, 1.807) is 24.3 Å². The van der Waals surface area contributed by atoms with Crippen LogP contribution in [0, 0.1) is 0 Å². The summed E-state index contributed by atoms with van der Waals surface area (Å²) < 4.78 is 5.43. The molecule has 178 valence electrons. The molecule has 0 spiro atoms. The zero-order valence-electron chi connectivity index (χ0n) is 19.9.